The third-order valence-electron chi connectivity index (χ3n) is 6.11. The third kappa shape index (κ3) is 12.7. The second-order valence-corrected chi connectivity index (χ2v) is 30.2. The van der Waals surface area contributed by atoms with E-state index in [0.717, 1.165) is 0 Å². The molecule has 0 rings (SSSR count). The molecule has 0 heterocycles. The van der Waals surface area contributed by atoms with Crippen LogP contribution in [-0.4, -0.2) is 37.0 Å². The molecule has 0 aliphatic carbocycles. The Labute approximate surface area is 183 Å². The van der Waals surface area contributed by atoms with Gasteiger partial charge in [-0.15, -0.1) is 0 Å². The zero-order chi connectivity index (χ0) is 20.4. The summed E-state index contributed by atoms with van der Waals surface area (Å²) in [6.45, 7) is 14.6. The second-order valence-electron chi connectivity index (χ2n) is 8.87. The van der Waals surface area contributed by atoms with Gasteiger partial charge in [-0.05, 0) is 0 Å². The van der Waals surface area contributed by atoms with E-state index in [1.54, 1.807) is 37.0 Å². The van der Waals surface area contributed by atoms with Gasteiger partial charge in [0.2, 0.25) is 0 Å². The topological polar surface area (TPSA) is 0 Å². The fourth-order valence-corrected chi connectivity index (χ4v) is 47.5. The molecule has 0 bridgehead atoms. The molecule has 0 nitrogen and oxygen atoms in total. The molecule has 0 N–H and O–H groups in total. The minimum atomic E-state index is -1.03. The quantitative estimate of drug-likeness (QED) is 0.113. The Morgan fingerprint density at radius 1 is 0.370 bits per heavy atom. The van der Waals surface area contributed by atoms with Gasteiger partial charge in [0.25, 0.3) is 0 Å². The van der Waals surface area contributed by atoms with Crippen LogP contribution in [0.3, 0.4) is 0 Å². The molecule has 0 spiro atoms. The van der Waals surface area contributed by atoms with Gasteiger partial charge in [0.15, 0.2) is 0 Å². The van der Waals surface area contributed by atoms with Gasteiger partial charge in [-0.2, -0.15) is 0 Å². The van der Waals surface area contributed by atoms with Crippen LogP contribution in [-0.2, 0) is 17.0 Å². The van der Waals surface area contributed by atoms with E-state index in [-0.39, 0.29) is 0 Å². The van der Waals surface area contributed by atoms with Gasteiger partial charge < -0.3 is 0 Å². The zero-order valence-corrected chi connectivity index (χ0v) is 23.6. The van der Waals surface area contributed by atoms with E-state index < -0.39 is 10.9 Å². The van der Waals surface area contributed by atoms with Crippen LogP contribution >= 0.6 is 10.9 Å². The van der Waals surface area contributed by atoms with Crippen LogP contribution in [0.25, 0.3) is 0 Å². The molecule has 0 aromatic rings. The predicted molar refractivity (Wildman–Crippen MR) is 135 cm³/mol. The Balaban J connectivity index is 5.66. The number of unbranched alkanes of at least 4 members (excludes halogenated alkanes) is 6. The van der Waals surface area contributed by atoms with Crippen molar-refractivity contribution in [1.29, 1.82) is 0 Å². The monoisotopic (exact) mass is 512 g/mol. The molecule has 0 unspecified atom stereocenters. The Kier molecular flexibility index (Phi) is 19.3. The van der Waals surface area contributed by atoms with Crippen LogP contribution in [0.4, 0.5) is 0 Å². The Hall–Kier alpha value is 1.52. The van der Waals surface area contributed by atoms with Crippen LogP contribution in [0.15, 0.2) is 0 Å². The molecular formula is C24H56P2Pd. The van der Waals surface area contributed by atoms with Crippen molar-refractivity contribution < 1.29 is 17.0 Å². The van der Waals surface area contributed by atoms with Gasteiger partial charge in [-0.25, -0.2) is 0 Å². The van der Waals surface area contributed by atoms with Gasteiger partial charge in [0.1, 0.15) is 0 Å². The summed E-state index contributed by atoms with van der Waals surface area (Å²) in [4.78, 5) is 0. The molecule has 0 atom stereocenters. The van der Waals surface area contributed by atoms with E-state index in [9.17, 15) is 0 Å². The predicted octanol–water partition coefficient (Wildman–Crippen LogP) is 9.20. The number of hydrogen-bond acceptors (Lipinski definition) is 0. The van der Waals surface area contributed by atoms with Gasteiger partial charge >= 0.3 is 183 Å². The van der Waals surface area contributed by atoms with Crippen molar-refractivity contribution in [3.8, 4) is 0 Å². The van der Waals surface area contributed by atoms with Crippen LogP contribution in [0.2, 0.25) is 0 Å². The van der Waals surface area contributed by atoms with Crippen molar-refractivity contribution in [3.05, 3.63) is 0 Å². The van der Waals surface area contributed by atoms with Gasteiger partial charge in [0.05, 0.1) is 0 Å². The maximum absolute atomic E-state index is 2.43. The summed E-state index contributed by atoms with van der Waals surface area (Å²) in [7, 11) is 0. The summed E-state index contributed by atoms with van der Waals surface area (Å²) in [6.07, 6.45) is 27.9. The molecule has 27 heavy (non-hydrogen) atoms. The molecule has 0 saturated heterocycles. The molecule has 172 valence electrons. The normalized spacial score (nSPS) is 14.0. The maximum atomic E-state index is 2.43. The first kappa shape index (κ1) is 28.5. The van der Waals surface area contributed by atoms with Crippen molar-refractivity contribution in [2.24, 2.45) is 0 Å². The average molecular weight is 513 g/mol. The SMILES string of the molecule is CCCC[PH](CCCC)(CCCC)[Pd][PH](CCCC)(CCCC)CCCC. The second kappa shape index (κ2) is 18.3. The van der Waals surface area contributed by atoms with Crippen molar-refractivity contribution >= 4 is 10.9 Å². The molecule has 0 saturated carbocycles. The fraction of sp³-hybridized carbons (Fsp3) is 1.00. The summed E-state index contributed by atoms with van der Waals surface area (Å²) < 4.78 is 0. The summed E-state index contributed by atoms with van der Waals surface area (Å²) in [5, 5.41) is 0. The number of rotatable bonds is 20. The summed E-state index contributed by atoms with van der Waals surface area (Å²) in [6, 6.07) is 0. The van der Waals surface area contributed by atoms with E-state index >= 15 is 0 Å². The van der Waals surface area contributed by atoms with E-state index in [0.29, 0.717) is 0 Å². The molecule has 0 amide bonds. The molecule has 0 radical (unpaired) electrons. The van der Waals surface area contributed by atoms with Gasteiger partial charge in [0, 0.05) is 0 Å². The van der Waals surface area contributed by atoms with E-state index in [1.165, 1.54) is 94.0 Å². The van der Waals surface area contributed by atoms with Crippen LogP contribution in [0.1, 0.15) is 119 Å². The van der Waals surface area contributed by atoms with Crippen molar-refractivity contribution in [1.82, 2.24) is 0 Å². The summed E-state index contributed by atoms with van der Waals surface area (Å²) in [5.41, 5.74) is -2.06. The third-order valence-corrected chi connectivity index (χ3v) is 37.9. The fourth-order valence-electron chi connectivity index (χ4n) is 4.24. The molecule has 3 heteroatoms. The van der Waals surface area contributed by atoms with Crippen LogP contribution < -0.4 is 0 Å². The van der Waals surface area contributed by atoms with E-state index in [1.807, 2.05) is 0 Å². The summed E-state index contributed by atoms with van der Waals surface area (Å²) in [5.74, 6) is 0. The van der Waals surface area contributed by atoms with Crippen LogP contribution in [0.5, 0.6) is 0 Å². The van der Waals surface area contributed by atoms with E-state index in [4.69, 9.17) is 0 Å². The molecule has 0 aromatic heterocycles. The first-order valence-electron chi connectivity index (χ1n) is 12.7. The average Bonchev–Trinajstić information content (AvgIpc) is 2.70. The summed E-state index contributed by atoms with van der Waals surface area (Å²) >= 11 is 1.23. The standard InChI is InChI=1S/2C12H27P.Pd/c2*1-4-7-10-13(11-8-5-2)12-9-6-3;/h2*4-12H2,1-3H3;/q;;-2/p+2. The molecule has 0 aromatic carbocycles. The minimum absolute atomic E-state index is 1.03. The van der Waals surface area contributed by atoms with Crippen LogP contribution in [0, 0.1) is 0 Å². The Morgan fingerprint density at radius 2 is 0.556 bits per heavy atom. The van der Waals surface area contributed by atoms with E-state index in [2.05, 4.69) is 41.5 Å². The first-order valence-corrected chi connectivity index (χ1v) is 22.2. The van der Waals surface area contributed by atoms with Crippen molar-refractivity contribution in [3.63, 3.8) is 0 Å². The van der Waals surface area contributed by atoms with Gasteiger partial charge in [-0.1, -0.05) is 0 Å². The number of hydrogen-bond donors (Lipinski definition) is 0. The first-order chi connectivity index (χ1) is 13.1. The molecular weight excluding hydrogens is 457 g/mol. The molecule has 0 aliphatic heterocycles. The Morgan fingerprint density at radius 3 is 0.704 bits per heavy atom. The van der Waals surface area contributed by atoms with Gasteiger partial charge in [-0.3, -0.25) is 0 Å². The zero-order valence-electron chi connectivity index (χ0n) is 20.0. The molecule has 0 aliphatic rings. The molecule has 0 fully saturated rings. The Bertz CT molecular complexity index is 246. The van der Waals surface area contributed by atoms with Crippen molar-refractivity contribution in [2.75, 3.05) is 37.0 Å². The van der Waals surface area contributed by atoms with Crippen molar-refractivity contribution in [2.45, 2.75) is 119 Å².